The molecule has 0 amide bonds. The molecule has 0 bridgehead atoms. The van der Waals surface area contributed by atoms with E-state index < -0.39 is 0 Å². The molecule has 4 heterocycles. The van der Waals surface area contributed by atoms with Gasteiger partial charge in [-0.25, -0.2) is 14.8 Å². The molecule has 0 spiro atoms. The van der Waals surface area contributed by atoms with Crippen LogP contribution in [-0.4, -0.2) is 23.1 Å². The van der Waals surface area contributed by atoms with Crippen molar-refractivity contribution < 1.29 is 4.74 Å². The van der Waals surface area contributed by atoms with Gasteiger partial charge in [0.15, 0.2) is 5.69 Å². The first kappa shape index (κ1) is 23.1. The highest BCUT2D eigenvalue weighted by atomic mass is 16.5. The van der Waals surface area contributed by atoms with Crippen molar-refractivity contribution in [1.82, 2.24) is 9.97 Å². The van der Waals surface area contributed by atoms with Crippen molar-refractivity contribution >= 4 is 28.7 Å². The van der Waals surface area contributed by atoms with Crippen LogP contribution >= 0.6 is 0 Å². The van der Waals surface area contributed by atoms with E-state index in [1.807, 2.05) is 36.7 Å². The van der Waals surface area contributed by atoms with Gasteiger partial charge in [0.05, 0.1) is 6.57 Å². The first-order valence-electron chi connectivity index (χ1n) is 12.8. The standard InChI is InChI=1S/C31H29N5O/c1-21-10-12-33-30(16-21)35-14-4-6-23-8-9-24(19-28(23)35)37-25-18-27(32-3)26-7-5-15-36(29(26)20-25)31-17-22(2)11-13-34-31/h8-13,16-20H,4-7,14-15H2,1-2H3. The summed E-state index contributed by atoms with van der Waals surface area (Å²) in [7, 11) is 0. The Morgan fingerprint density at radius 1 is 0.757 bits per heavy atom. The molecule has 184 valence electrons. The molecule has 0 saturated carbocycles. The molecule has 2 aromatic heterocycles. The van der Waals surface area contributed by atoms with E-state index in [-0.39, 0.29) is 0 Å². The fraction of sp³-hybridized carbons (Fsp3) is 0.258. The molecule has 2 aromatic carbocycles. The minimum atomic E-state index is 0.647. The fourth-order valence-electron chi connectivity index (χ4n) is 5.37. The van der Waals surface area contributed by atoms with E-state index >= 15 is 0 Å². The number of hydrogen-bond acceptors (Lipinski definition) is 5. The lowest BCUT2D eigenvalue weighted by Crippen LogP contribution is -2.25. The summed E-state index contributed by atoms with van der Waals surface area (Å²) >= 11 is 0. The van der Waals surface area contributed by atoms with Gasteiger partial charge < -0.3 is 14.5 Å². The molecule has 0 aliphatic carbocycles. The molecule has 2 aliphatic rings. The van der Waals surface area contributed by atoms with Gasteiger partial charge in [-0.05, 0) is 98.2 Å². The number of aromatic nitrogens is 2. The summed E-state index contributed by atoms with van der Waals surface area (Å²) in [5, 5.41) is 0. The third-order valence-corrected chi connectivity index (χ3v) is 7.16. The minimum absolute atomic E-state index is 0.647. The van der Waals surface area contributed by atoms with E-state index in [2.05, 4.69) is 68.8 Å². The van der Waals surface area contributed by atoms with E-state index in [0.717, 1.165) is 78.7 Å². The van der Waals surface area contributed by atoms with Crippen LogP contribution in [0.5, 0.6) is 11.5 Å². The number of ether oxygens (including phenoxy) is 1. The summed E-state index contributed by atoms with van der Waals surface area (Å²) in [4.78, 5) is 17.6. The van der Waals surface area contributed by atoms with Crippen LogP contribution in [0.4, 0.5) is 28.7 Å². The topological polar surface area (TPSA) is 45.9 Å². The highest BCUT2D eigenvalue weighted by molar-refractivity contribution is 5.76. The Morgan fingerprint density at radius 2 is 1.41 bits per heavy atom. The van der Waals surface area contributed by atoms with Crippen molar-refractivity contribution in [2.75, 3.05) is 22.9 Å². The second kappa shape index (κ2) is 9.59. The van der Waals surface area contributed by atoms with Gasteiger partial charge >= 0.3 is 0 Å². The maximum Gasteiger partial charge on any atom is 0.196 e. The maximum atomic E-state index is 7.85. The lowest BCUT2D eigenvalue weighted by molar-refractivity contribution is 0.482. The first-order chi connectivity index (χ1) is 18.1. The van der Waals surface area contributed by atoms with Crippen molar-refractivity contribution in [2.24, 2.45) is 0 Å². The van der Waals surface area contributed by atoms with Crippen LogP contribution in [0.1, 0.15) is 35.1 Å². The number of aryl methyl sites for hydroxylation is 3. The molecule has 4 aromatic rings. The normalized spacial score (nSPS) is 14.5. The minimum Gasteiger partial charge on any atom is -0.459 e. The van der Waals surface area contributed by atoms with Gasteiger partial charge in [0.2, 0.25) is 0 Å². The Balaban J connectivity index is 1.37. The molecule has 0 unspecified atom stereocenters. The van der Waals surface area contributed by atoms with Crippen LogP contribution in [0.3, 0.4) is 0 Å². The number of pyridine rings is 2. The smallest absolute Gasteiger partial charge is 0.196 e. The number of fused-ring (bicyclic) bond motifs is 2. The average Bonchev–Trinajstić information content (AvgIpc) is 2.92. The van der Waals surface area contributed by atoms with E-state index in [0.29, 0.717) is 11.4 Å². The number of anilines is 4. The predicted molar refractivity (Wildman–Crippen MR) is 148 cm³/mol. The lowest BCUT2D eigenvalue weighted by Gasteiger charge is -2.32. The highest BCUT2D eigenvalue weighted by Crippen LogP contribution is 2.43. The van der Waals surface area contributed by atoms with Gasteiger partial charge in [0, 0.05) is 49.0 Å². The van der Waals surface area contributed by atoms with Gasteiger partial charge in [-0.2, -0.15) is 0 Å². The van der Waals surface area contributed by atoms with Gasteiger partial charge in [-0.3, -0.25) is 0 Å². The molecule has 6 nitrogen and oxygen atoms in total. The molecule has 0 atom stereocenters. The molecule has 0 N–H and O–H groups in total. The monoisotopic (exact) mass is 487 g/mol. The number of hydrogen-bond donors (Lipinski definition) is 0. The van der Waals surface area contributed by atoms with E-state index in [1.54, 1.807) is 0 Å². The van der Waals surface area contributed by atoms with Crippen molar-refractivity contribution in [3.05, 3.63) is 101 Å². The number of rotatable bonds is 4. The first-order valence-corrected chi connectivity index (χ1v) is 12.8. The van der Waals surface area contributed by atoms with E-state index in [9.17, 15) is 0 Å². The summed E-state index contributed by atoms with van der Waals surface area (Å²) in [5.74, 6) is 3.29. The molecule has 6 heteroatoms. The van der Waals surface area contributed by atoms with Crippen LogP contribution < -0.4 is 14.5 Å². The van der Waals surface area contributed by atoms with Crippen molar-refractivity contribution in [3.8, 4) is 11.5 Å². The van der Waals surface area contributed by atoms with Crippen molar-refractivity contribution in [1.29, 1.82) is 0 Å². The summed E-state index contributed by atoms with van der Waals surface area (Å²) in [5.41, 5.74) is 7.51. The zero-order chi connectivity index (χ0) is 25.4. The van der Waals surface area contributed by atoms with Gasteiger partial charge in [-0.1, -0.05) is 6.07 Å². The quantitative estimate of drug-likeness (QED) is 0.277. The van der Waals surface area contributed by atoms with Crippen LogP contribution in [0, 0.1) is 20.4 Å². The molecular weight excluding hydrogens is 458 g/mol. The lowest BCUT2D eigenvalue weighted by atomic mass is 9.99. The Kier molecular flexibility index (Phi) is 5.97. The van der Waals surface area contributed by atoms with Crippen molar-refractivity contribution in [3.63, 3.8) is 0 Å². The van der Waals surface area contributed by atoms with Gasteiger partial charge in [-0.15, -0.1) is 0 Å². The molecular formula is C31H29N5O. The molecule has 37 heavy (non-hydrogen) atoms. The molecule has 6 rings (SSSR count). The summed E-state index contributed by atoms with van der Waals surface area (Å²) < 4.78 is 6.43. The maximum absolute atomic E-state index is 7.85. The Labute approximate surface area is 218 Å². The van der Waals surface area contributed by atoms with Crippen LogP contribution in [0.15, 0.2) is 67.0 Å². The van der Waals surface area contributed by atoms with Gasteiger partial charge in [0.25, 0.3) is 0 Å². The highest BCUT2D eigenvalue weighted by Gasteiger charge is 2.24. The zero-order valence-electron chi connectivity index (χ0n) is 21.2. The Bertz CT molecular complexity index is 1520. The molecule has 0 radical (unpaired) electrons. The molecule has 0 fully saturated rings. The average molecular weight is 488 g/mol. The Morgan fingerprint density at radius 3 is 2.08 bits per heavy atom. The molecule has 0 saturated heterocycles. The summed E-state index contributed by atoms with van der Waals surface area (Å²) in [6, 6.07) is 18.5. The predicted octanol–water partition coefficient (Wildman–Crippen LogP) is 7.61. The fourth-order valence-corrected chi connectivity index (χ4v) is 5.37. The Hall–Kier alpha value is -4.37. The van der Waals surface area contributed by atoms with Gasteiger partial charge in [0.1, 0.15) is 23.1 Å². The second-order valence-corrected chi connectivity index (χ2v) is 9.84. The largest absolute Gasteiger partial charge is 0.459 e. The summed E-state index contributed by atoms with van der Waals surface area (Å²) in [6.45, 7) is 13.8. The summed E-state index contributed by atoms with van der Waals surface area (Å²) in [6.07, 6.45) is 7.71. The van der Waals surface area contributed by atoms with E-state index in [4.69, 9.17) is 11.3 Å². The molecule has 2 aliphatic heterocycles. The zero-order valence-corrected chi connectivity index (χ0v) is 21.2. The third-order valence-electron chi connectivity index (χ3n) is 7.16. The SMILES string of the molecule is [C-]#[N+]c1cc(Oc2ccc3c(c2)N(c2cc(C)ccn2)CCC3)cc2c1CCCN2c1cc(C)ccn1. The van der Waals surface area contributed by atoms with Crippen molar-refractivity contribution in [2.45, 2.75) is 39.5 Å². The van der Waals surface area contributed by atoms with Crippen LogP contribution in [-0.2, 0) is 12.8 Å². The van der Waals surface area contributed by atoms with Crippen LogP contribution in [0.2, 0.25) is 0 Å². The number of nitrogens with zero attached hydrogens (tertiary/aromatic N) is 5. The third kappa shape index (κ3) is 4.49. The second-order valence-electron chi connectivity index (χ2n) is 9.84. The van der Waals surface area contributed by atoms with Crippen LogP contribution in [0.25, 0.3) is 4.85 Å². The van der Waals surface area contributed by atoms with E-state index in [1.165, 1.54) is 11.1 Å². The number of benzene rings is 2.